The molecule has 318 valence electrons. The number of thioether (sulfide) groups is 2. The number of rotatable bonds is 33. The minimum atomic E-state index is -1.78. The van der Waals surface area contributed by atoms with Crippen LogP contribution in [0.3, 0.4) is 0 Å². The van der Waals surface area contributed by atoms with E-state index in [0.717, 1.165) is 24.6 Å². The van der Waals surface area contributed by atoms with Crippen LogP contribution in [0.4, 0.5) is 0 Å². The summed E-state index contributed by atoms with van der Waals surface area (Å²) in [6.45, 7) is 21.0. The summed E-state index contributed by atoms with van der Waals surface area (Å²) in [6, 6.07) is 0.836. The molecule has 0 spiro atoms. The van der Waals surface area contributed by atoms with E-state index < -0.39 is 63.6 Å². The molecule has 18 heteroatoms. The molecule has 0 aromatic carbocycles. The monoisotopic (exact) mass is 876 g/mol. The summed E-state index contributed by atoms with van der Waals surface area (Å²) in [7, 11) is -4.27. The highest BCUT2D eigenvalue weighted by atomic mass is 32.2. The quantitative estimate of drug-likeness (QED) is 0.0303. The Morgan fingerprint density at radius 1 is 0.648 bits per heavy atom. The van der Waals surface area contributed by atoms with Gasteiger partial charge in [0, 0.05) is 59.0 Å². The van der Waals surface area contributed by atoms with E-state index in [1.54, 1.807) is 13.8 Å². The predicted molar refractivity (Wildman–Crippen MR) is 230 cm³/mol. The Morgan fingerprint density at radius 3 is 1.72 bits per heavy atom. The summed E-state index contributed by atoms with van der Waals surface area (Å²) in [5.74, 6) is -0.0271. The molecule has 0 saturated heterocycles. The SMILES string of the molecule is CCO[SiH2]OC(C)(CCCS)C(CC)(CO[SiH2]OC(C)(CCCSC(C)=O)C(CC)(COC(C)=O)C(C)(OCC)O[SiH2]CCCSC(C)=O)COC(C)=O. The van der Waals surface area contributed by atoms with Crippen molar-refractivity contribution >= 4 is 88.1 Å². The zero-order valence-corrected chi connectivity index (χ0v) is 41.9. The van der Waals surface area contributed by atoms with Crippen molar-refractivity contribution in [1.82, 2.24) is 0 Å². The third-order valence-electron chi connectivity index (χ3n) is 10.4. The van der Waals surface area contributed by atoms with Crippen molar-refractivity contribution < 1.29 is 55.5 Å². The lowest BCUT2D eigenvalue weighted by atomic mass is 9.64. The van der Waals surface area contributed by atoms with E-state index in [1.807, 2.05) is 48.5 Å². The maximum atomic E-state index is 12.4. The molecule has 54 heavy (non-hydrogen) atoms. The van der Waals surface area contributed by atoms with Gasteiger partial charge in [-0.1, -0.05) is 37.4 Å². The van der Waals surface area contributed by atoms with Crippen LogP contribution in [0, 0.1) is 10.8 Å². The van der Waals surface area contributed by atoms with Crippen LogP contribution in [-0.2, 0) is 55.5 Å². The van der Waals surface area contributed by atoms with Crippen molar-refractivity contribution in [3.63, 3.8) is 0 Å². The predicted octanol–water partition coefficient (Wildman–Crippen LogP) is 5.22. The lowest BCUT2D eigenvalue weighted by Gasteiger charge is -2.56. The first-order valence-corrected chi connectivity index (χ1v) is 25.8. The van der Waals surface area contributed by atoms with Gasteiger partial charge in [0.15, 0.2) is 25.8 Å². The number of esters is 2. The molecule has 0 radical (unpaired) electrons. The van der Waals surface area contributed by atoms with Gasteiger partial charge in [-0.05, 0) is 91.4 Å². The van der Waals surface area contributed by atoms with Crippen LogP contribution in [0.25, 0.3) is 0 Å². The van der Waals surface area contributed by atoms with Crippen LogP contribution >= 0.6 is 36.2 Å². The topological polar surface area (TPSA) is 142 Å². The fourth-order valence-electron chi connectivity index (χ4n) is 6.88. The number of carbonyl (C=O) groups excluding carboxylic acids is 4. The minimum Gasteiger partial charge on any atom is -0.465 e. The number of hydrogen-bond acceptors (Lipinski definition) is 15. The standard InChI is InChI=1S/C36H72O12S3Si3/c1-12-35(25-41-28(5)37,32(9,19-16-21-49)46-53-44-15-4)26-45-54-47-33(10,20-17-22-50-30(7)39)36(13-2,27-42-29(6)38)34(11,43-14-3)48-52-24-18-23-51-31(8)40/h49H,12-27,52-54H2,1-11H3. The zero-order valence-electron chi connectivity index (χ0n) is 35.1. The molecule has 0 N–H and O–H groups in total. The molecule has 0 aromatic rings. The zero-order chi connectivity index (χ0) is 41.3. The number of hydrogen-bond donors (Lipinski definition) is 1. The highest BCUT2D eigenvalue weighted by molar-refractivity contribution is 8.13. The van der Waals surface area contributed by atoms with Crippen molar-refractivity contribution in [3.8, 4) is 0 Å². The maximum Gasteiger partial charge on any atom is 0.304 e. The Balaban J connectivity index is 6.91. The van der Waals surface area contributed by atoms with Gasteiger partial charge in [0.05, 0.1) is 22.0 Å². The first kappa shape index (κ1) is 53.7. The first-order valence-electron chi connectivity index (χ1n) is 19.3. The number of carbonyl (C=O) groups is 4. The van der Waals surface area contributed by atoms with Gasteiger partial charge in [-0.15, -0.1) is 0 Å². The van der Waals surface area contributed by atoms with Crippen LogP contribution in [-0.4, -0.2) is 119 Å². The Morgan fingerprint density at radius 2 is 1.20 bits per heavy atom. The third-order valence-corrected chi connectivity index (χ3v) is 16.5. The third kappa shape index (κ3) is 17.7. The fourth-order valence-corrected chi connectivity index (χ4v) is 12.2. The molecule has 0 saturated carbocycles. The maximum absolute atomic E-state index is 12.4. The lowest BCUT2D eigenvalue weighted by molar-refractivity contribution is -0.300. The molecule has 0 rings (SSSR count). The van der Waals surface area contributed by atoms with Crippen LogP contribution in [0.2, 0.25) is 6.04 Å². The molecule has 12 nitrogen and oxygen atoms in total. The second-order valence-electron chi connectivity index (χ2n) is 14.0. The van der Waals surface area contributed by atoms with Gasteiger partial charge in [-0.3, -0.25) is 19.2 Å². The van der Waals surface area contributed by atoms with Crippen LogP contribution < -0.4 is 0 Å². The molecule has 0 amide bonds. The second kappa shape index (κ2) is 28.2. The van der Waals surface area contributed by atoms with Gasteiger partial charge in [0.25, 0.3) is 0 Å². The Labute approximate surface area is 347 Å². The van der Waals surface area contributed by atoms with Crippen molar-refractivity contribution in [3.05, 3.63) is 0 Å². The smallest absolute Gasteiger partial charge is 0.304 e. The normalized spacial score (nSPS) is 18.0. The molecule has 5 atom stereocenters. The summed E-state index contributed by atoms with van der Waals surface area (Å²) in [5.41, 5.74) is -3.39. The molecule has 0 aliphatic rings. The van der Waals surface area contributed by atoms with Crippen LogP contribution in [0.15, 0.2) is 0 Å². The summed E-state index contributed by atoms with van der Waals surface area (Å²) < 4.78 is 50.8. The van der Waals surface area contributed by atoms with Gasteiger partial charge in [-0.25, -0.2) is 0 Å². The summed E-state index contributed by atoms with van der Waals surface area (Å²) in [5, 5.41) is 0.128. The molecule has 0 aromatic heterocycles. The average molecular weight is 877 g/mol. The van der Waals surface area contributed by atoms with E-state index in [-0.39, 0.29) is 36.0 Å². The molecular weight excluding hydrogens is 805 g/mol. The Bertz CT molecular complexity index is 1110. The first-order chi connectivity index (χ1) is 25.4. The van der Waals surface area contributed by atoms with Gasteiger partial charge >= 0.3 is 32.0 Å². The van der Waals surface area contributed by atoms with Crippen molar-refractivity contribution in [2.75, 3.05) is 50.3 Å². The summed E-state index contributed by atoms with van der Waals surface area (Å²) >= 11 is 7.05. The summed E-state index contributed by atoms with van der Waals surface area (Å²) in [6.07, 6.45) is 4.55. The average Bonchev–Trinajstić information content (AvgIpc) is 3.10. The number of thiol groups is 1. The molecular formula is C36H72O12S3Si3. The van der Waals surface area contributed by atoms with Crippen molar-refractivity contribution in [2.24, 2.45) is 10.8 Å². The molecule has 0 aliphatic heterocycles. The lowest BCUT2D eigenvalue weighted by Crippen LogP contribution is -2.65. The Kier molecular flexibility index (Phi) is 28.1. The van der Waals surface area contributed by atoms with E-state index in [0.29, 0.717) is 56.8 Å². The molecule has 0 heterocycles. The van der Waals surface area contributed by atoms with Gasteiger partial charge in [0.2, 0.25) is 0 Å². The molecule has 0 aliphatic carbocycles. The second-order valence-corrected chi connectivity index (χ2v) is 20.3. The fraction of sp³-hybridized carbons (Fsp3) is 0.889. The Hall–Kier alpha value is -0.259. The largest absolute Gasteiger partial charge is 0.465 e. The van der Waals surface area contributed by atoms with Crippen molar-refractivity contribution in [2.45, 2.75) is 144 Å². The molecule has 0 fully saturated rings. The van der Waals surface area contributed by atoms with E-state index in [4.69, 9.17) is 36.3 Å². The van der Waals surface area contributed by atoms with Gasteiger partial charge in [0.1, 0.15) is 13.2 Å². The molecule has 5 unspecified atom stereocenters. The van der Waals surface area contributed by atoms with E-state index in [9.17, 15) is 19.2 Å². The number of ether oxygens (including phenoxy) is 3. The van der Waals surface area contributed by atoms with Gasteiger partial charge < -0.3 is 36.3 Å². The highest BCUT2D eigenvalue weighted by Crippen LogP contribution is 2.52. The summed E-state index contributed by atoms with van der Waals surface area (Å²) in [4.78, 5) is 47.9. The van der Waals surface area contributed by atoms with E-state index in [2.05, 4.69) is 12.6 Å². The van der Waals surface area contributed by atoms with E-state index in [1.165, 1.54) is 37.4 Å². The van der Waals surface area contributed by atoms with Crippen molar-refractivity contribution in [1.29, 1.82) is 0 Å². The highest BCUT2D eigenvalue weighted by Gasteiger charge is 2.61. The molecule has 0 bridgehead atoms. The van der Waals surface area contributed by atoms with Crippen LogP contribution in [0.1, 0.15) is 121 Å². The van der Waals surface area contributed by atoms with E-state index >= 15 is 0 Å². The van der Waals surface area contributed by atoms with Gasteiger partial charge in [-0.2, -0.15) is 12.6 Å². The van der Waals surface area contributed by atoms with Crippen LogP contribution in [0.5, 0.6) is 0 Å². The minimum absolute atomic E-state index is 0.0162.